The van der Waals surface area contributed by atoms with E-state index in [2.05, 4.69) is 9.97 Å². The topological polar surface area (TPSA) is 55.0 Å². The number of nitrogens with zero attached hydrogens (tertiary/aromatic N) is 3. The Morgan fingerprint density at radius 1 is 1.38 bits per heavy atom. The van der Waals surface area contributed by atoms with E-state index in [4.69, 9.17) is 5.73 Å². The van der Waals surface area contributed by atoms with Gasteiger partial charge in [0, 0.05) is 25.5 Å². The zero-order chi connectivity index (χ0) is 12.1. The molecular weight excluding hydrogens is 214 g/mol. The third-order valence-electron chi connectivity index (χ3n) is 2.00. The molecule has 1 rings (SSSR count). The molecule has 0 aliphatic heterocycles. The Balaban J connectivity index is 2.63. The summed E-state index contributed by atoms with van der Waals surface area (Å²) in [5, 5.41) is 0. The highest BCUT2D eigenvalue weighted by molar-refractivity contribution is 5.28. The normalized spacial score (nSPS) is 12.9. The number of alkyl halides is 2. The summed E-state index contributed by atoms with van der Waals surface area (Å²) in [7, 11) is 1.53. The molecule has 0 spiro atoms. The summed E-state index contributed by atoms with van der Waals surface area (Å²) < 4.78 is 24.2. The van der Waals surface area contributed by atoms with Crippen molar-refractivity contribution < 1.29 is 8.78 Å². The van der Waals surface area contributed by atoms with E-state index >= 15 is 0 Å². The molecule has 1 heterocycles. The van der Waals surface area contributed by atoms with Crippen LogP contribution in [0.2, 0.25) is 0 Å². The lowest BCUT2D eigenvalue weighted by molar-refractivity contribution is 0.156. The van der Waals surface area contributed by atoms with Crippen LogP contribution in [0.15, 0.2) is 12.4 Å². The summed E-state index contributed by atoms with van der Waals surface area (Å²) >= 11 is 0. The van der Waals surface area contributed by atoms with E-state index in [1.807, 2.05) is 6.92 Å². The monoisotopic (exact) mass is 230 g/mol. The summed E-state index contributed by atoms with van der Waals surface area (Å²) in [6, 6.07) is 0.0354. The Hall–Kier alpha value is -1.30. The maximum atomic E-state index is 12.1. The first-order chi connectivity index (χ1) is 7.49. The summed E-state index contributed by atoms with van der Waals surface area (Å²) in [5.41, 5.74) is 6.53. The second-order valence-electron chi connectivity index (χ2n) is 3.84. The van der Waals surface area contributed by atoms with Gasteiger partial charge >= 0.3 is 0 Å². The van der Waals surface area contributed by atoms with Crippen molar-refractivity contribution in [3.63, 3.8) is 0 Å². The highest BCUT2D eigenvalue weighted by Gasteiger charge is 2.10. The van der Waals surface area contributed by atoms with Crippen molar-refractivity contribution in [2.45, 2.75) is 25.8 Å². The Labute approximate surface area is 93.5 Å². The molecule has 0 fully saturated rings. The maximum Gasteiger partial charge on any atom is 0.255 e. The summed E-state index contributed by atoms with van der Waals surface area (Å²) in [6.07, 6.45) is 1.53. The second-order valence-corrected chi connectivity index (χ2v) is 3.84. The molecule has 16 heavy (non-hydrogen) atoms. The average Bonchev–Trinajstić information content (AvgIpc) is 2.16. The average molecular weight is 230 g/mol. The van der Waals surface area contributed by atoms with Gasteiger partial charge in [-0.15, -0.1) is 0 Å². The van der Waals surface area contributed by atoms with E-state index in [1.165, 1.54) is 11.9 Å². The molecule has 90 valence electrons. The number of rotatable bonds is 5. The minimum atomic E-state index is -2.39. The highest BCUT2D eigenvalue weighted by atomic mass is 19.3. The number of nitrogens with two attached hydrogens (primary N) is 1. The van der Waals surface area contributed by atoms with Crippen LogP contribution in [0.4, 0.5) is 14.7 Å². The lowest BCUT2D eigenvalue weighted by atomic mass is 10.1. The maximum absolute atomic E-state index is 12.1. The predicted octanol–water partition coefficient (Wildman–Crippen LogP) is 1.07. The van der Waals surface area contributed by atoms with Crippen molar-refractivity contribution in [2.24, 2.45) is 5.73 Å². The fraction of sp³-hybridized carbons (Fsp3) is 0.600. The molecule has 0 saturated heterocycles. The standard InChI is InChI=1S/C10H16F2N4/c1-7(13)3-8-4-14-10(15-5-8)16(2)6-9(11)12/h4-5,7,9H,3,6,13H2,1-2H3. The molecule has 0 bridgehead atoms. The molecule has 0 saturated carbocycles. The van der Waals surface area contributed by atoms with Crippen molar-refractivity contribution in [3.8, 4) is 0 Å². The molecule has 2 N–H and O–H groups in total. The van der Waals surface area contributed by atoms with Crippen molar-refractivity contribution in [1.82, 2.24) is 9.97 Å². The first-order valence-corrected chi connectivity index (χ1v) is 5.05. The summed E-state index contributed by atoms with van der Waals surface area (Å²) in [4.78, 5) is 9.34. The van der Waals surface area contributed by atoms with Crippen LogP contribution in [0.5, 0.6) is 0 Å². The Morgan fingerprint density at radius 3 is 2.38 bits per heavy atom. The van der Waals surface area contributed by atoms with Crippen LogP contribution >= 0.6 is 0 Å². The Morgan fingerprint density at radius 2 is 1.94 bits per heavy atom. The van der Waals surface area contributed by atoms with Crippen LogP contribution in [0.25, 0.3) is 0 Å². The third-order valence-corrected chi connectivity index (χ3v) is 2.00. The van der Waals surface area contributed by atoms with Crippen LogP contribution in [-0.4, -0.2) is 36.0 Å². The van der Waals surface area contributed by atoms with E-state index in [-0.39, 0.29) is 12.6 Å². The summed E-state index contributed by atoms with van der Waals surface area (Å²) in [5.74, 6) is 0.300. The number of halogens is 2. The van der Waals surface area contributed by atoms with Gasteiger partial charge in [0.05, 0.1) is 6.54 Å². The molecule has 0 amide bonds. The first-order valence-electron chi connectivity index (χ1n) is 5.05. The molecule has 4 nitrogen and oxygen atoms in total. The SMILES string of the molecule is CC(N)Cc1cnc(N(C)CC(F)F)nc1. The van der Waals surface area contributed by atoms with Crippen LogP contribution in [0.1, 0.15) is 12.5 Å². The fourth-order valence-electron chi connectivity index (χ4n) is 1.31. The predicted molar refractivity (Wildman–Crippen MR) is 58.7 cm³/mol. The van der Waals surface area contributed by atoms with Gasteiger partial charge < -0.3 is 10.6 Å². The lowest BCUT2D eigenvalue weighted by Crippen LogP contribution is -2.26. The Bertz CT molecular complexity index is 313. The smallest absolute Gasteiger partial charge is 0.255 e. The van der Waals surface area contributed by atoms with Gasteiger partial charge in [-0.3, -0.25) is 0 Å². The van der Waals surface area contributed by atoms with E-state index in [0.29, 0.717) is 12.4 Å². The lowest BCUT2D eigenvalue weighted by Gasteiger charge is -2.16. The molecule has 1 aromatic heterocycles. The third kappa shape index (κ3) is 4.06. The van der Waals surface area contributed by atoms with E-state index in [0.717, 1.165) is 5.56 Å². The first kappa shape index (κ1) is 12.8. The molecule has 1 unspecified atom stereocenters. The van der Waals surface area contributed by atoms with Crippen LogP contribution in [0, 0.1) is 0 Å². The van der Waals surface area contributed by atoms with Gasteiger partial charge in [0.15, 0.2) is 0 Å². The van der Waals surface area contributed by atoms with Crippen molar-refractivity contribution >= 4 is 5.95 Å². The quantitative estimate of drug-likeness (QED) is 0.822. The van der Waals surface area contributed by atoms with Crippen LogP contribution < -0.4 is 10.6 Å². The van der Waals surface area contributed by atoms with Gasteiger partial charge in [-0.1, -0.05) is 0 Å². The van der Waals surface area contributed by atoms with E-state index in [1.54, 1.807) is 12.4 Å². The molecule has 6 heteroatoms. The van der Waals surface area contributed by atoms with Gasteiger partial charge in [-0.25, -0.2) is 18.7 Å². The van der Waals surface area contributed by atoms with Gasteiger partial charge in [-0.2, -0.15) is 0 Å². The van der Waals surface area contributed by atoms with Gasteiger partial charge in [0.25, 0.3) is 6.43 Å². The van der Waals surface area contributed by atoms with Gasteiger partial charge in [0.1, 0.15) is 0 Å². The van der Waals surface area contributed by atoms with Crippen LogP contribution in [0.3, 0.4) is 0 Å². The fourth-order valence-corrected chi connectivity index (χ4v) is 1.31. The molecule has 1 atom stereocenters. The highest BCUT2D eigenvalue weighted by Crippen LogP contribution is 2.08. The Kier molecular flexibility index (Phi) is 4.54. The molecule has 0 aromatic carbocycles. The molecule has 0 aliphatic carbocycles. The molecule has 0 aliphatic rings. The van der Waals surface area contributed by atoms with Crippen LogP contribution in [-0.2, 0) is 6.42 Å². The van der Waals surface area contributed by atoms with E-state index in [9.17, 15) is 8.78 Å². The molecule has 1 aromatic rings. The zero-order valence-electron chi connectivity index (χ0n) is 9.40. The van der Waals surface area contributed by atoms with E-state index < -0.39 is 6.43 Å². The minimum Gasteiger partial charge on any atom is -0.338 e. The minimum absolute atomic E-state index is 0.0354. The number of hydrogen-bond acceptors (Lipinski definition) is 4. The van der Waals surface area contributed by atoms with Crippen molar-refractivity contribution in [2.75, 3.05) is 18.5 Å². The van der Waals surface area contributed by atoms with Gasteiger partial charge in [-0.05, 0) is 18.9 Å². The van der Waals surface area contributed by atoms with Gasteiger partial charge in [0.2, 0.25) is 5.95 Å². The number of aromatic nitrogens is 2. The van der Waals surface area contributed by atoms with Crippen molar-refractivity contribution in [3.05, 3.63) is 18.0 Å². The van der Waals surface area contributed by atoms with Crippen molar-refractivity contribution in [1.29, 1.82) is 0 Å². The zero-order valence-corrected chi connectivity index (χ0v) is 9.40. The summed E-state index contributed by atoms with van der Waals surface area (Å²) in [6.45, 7) is 1.52. The number of anilines is 1. The molecule has 0 radical (unpaired) electrons. The molecular formula is C10H16F2N4. The largest absolute Gasteiger partial charge is 0.338 e. The second kappa shape index (κ2) is 5.69. The number of hydrogen-bond donors (Lipinski definition) is 1.